The van der Waals surface area contributed by atoms with Gasteiger partial charge < -0.3 is 10.1 Å². The average Bonchev–Trinajstić information content (AvgIpc) is 2.99. The van der Waals surface area contributed by atoms with Crippen LogP contribution in [0.3, 0.4) is 0 Å². The highest BCUT2D eigenvalue weighted by Gasteiger charge is 2.24. The van der Waals surface area contributed by atoms with Crippen molar-refractivity contribution in [2.75, 3.05) is 17.6 Å². The Morgan fingerprint density at radius 3 is 2.70 bits per heavy atom. The van der Waals surface area contributed by atoms with Crippen LogP contribution in [0.1, 0.15) is 32.6 Å². The predicted molar refractivity (Wildman–Crippen MR) is 90.0 cm³/mol. The van der Waals surface area contributed by atoms with Gasteiger partial charge in [-0.1, -0.05) is 25.8 Å². The van der Waals surface area contributed by atoms with Crippen molar-refractivity contribution in [3.63, 3.8) is 0 Å². The van der Waals surface area contributed by atoms with Crippen molar-refractivity contribution >= 4 is 21.6 Å². The molecule has 1 aromatic carbocycles. The molecule has 6 nitrogen and oxygen atoms in total. The number of hydrogen-bond acceptors (Lipinski definition) is 4. The highest BCUT2D eigenvalue weighted by molar-refractivity contribution is 7.92. The Bertz CT molecular complexity index is 639. The lowest BCUT2D eigenvalue weighted by atomic mass is 10.1. The number of ether oxygens (including phenoxy) is 1. The number of sulfonamides is 1. The summed E-state index contributed by atoms with van der Waals surface area (Å²) in [5, 5.41) is 2.93. The lowest BCUT2D eigenvalue weighted by molar-refractivity contribution is -0.124. The van der Waals surface area contributed by atoms with Crippen LogP contribution in [0.2, 0.25) is 0 Å². The van der Waals surface area contributed by atoms with E-state index in [0.717, 1.165) is 25.7 Å². The fourth-order valence-electron chi connectivity index (χ4n) is 2.73. The predicted octanol–water partition coefficient (Wildman–Crippen LogP) is 2.13. The maximum absolute atomic E-state index is 12.2. The largest absolute Gasteiger partial charge is 0.497 e. The zero-order chi connectivity index (χ0) is 16.9. The summed E-state index contributed by atoms with van der Waals surface area (Å²) in [6.45, 7) is 1.63. The molecule has 1 fully saturated rings. The number of amides is 1. The molecule has 0 aromatic heterocycles. The van der Waals surface area contributed by atoms with E-state index in [-0.39, 0.29) is 17.7 Å². The van der Waals surface area contributed by atoms with Crippen LogP contribution in [0.25, 0.3) is 0 Å². The fraction of sp³-hybridized carbons (Fsp3) is 0.562. The van der Waals surface area contributed by atoms with Crippen molar-refractivity contribution in [2.24, 2.45) is 5.92 Å². The quantitative estimate of drug-likeness (QED) is 0.796. The maximum Gasteiger partial charge on any atom is 0.233 e. The Morgan fingerprint density at radius 1 is 1.35 bits per heavy atom. The molecule has 1 unspecified atom stereocenters. The van der Waals surface area contributed by atoms with Crippen molar-refractivity contribution in [1.82, 2.24) is 5.32 Å². The first-order chi connectivity index (χ1) is 10.9. The number of rotatable bonds is 7. The van der Waals surface area contributed by atoms with E-state index in [1.54, 1.807) is 31.2 Å². The second-order valence-electron chi connectivity index (χ2n) is 6.01. The molecular formula is C16H24N2O4S. The van der Waals surface area contributed by atoms with Gasteiger partial charge in [-0.3, -0.25) is 9.52 Å². The highest BCUT2D eigenvalue weighted by atomic mass is 32.2. The molecule has 1 aromatic rings. The third-order valence-corrected chi connectivity index (χ3v) is 5.45. The number of carbonyl (C=O) groups excluding carboxylic acids is 1. The molecule has 7 heteroatoms. The summed E-state index contributed by atoms with van der Waals surface area (Å²) in [6, 6.07) is 6.87. The number of benzene rings is 1. The van der Waals surface area contributed by atoms with Gasteiger partial charge in [-0.2, -0.15) is 0 Å². The molecule has 23 heavy (non-hydrogen) atoms. The summed E-state index contributed by atoms with van der Waals surface area (Å²) in [5.41, 5.74) is 0.424. The third-order valence-electron chi connectivity index (χ3n) is 3.96. The Kier molecular flexibility index (Phi) is 5.87. The van der Waals surface area contributed by atoms with Crippen LogP contribution in [0.15, 0.2) is 24.3 Å². The van der Waals surface area contributed by atoms with Crippen LogP contribution in [-0.2, 0) is 14.8 Å². The molecule has 2 rings (SSSR count). The normalized spacial score (nSPS) is 16.8. The van der Waals surface area contributed by atoms with E-state index in [1.807, 2.05) is 0 Å². The van der Waals surface area contributed by atoms with Crippen LogP contribution >= 0.6 is 0 Å². The lowest BCUT2D eigenvalue weighted by Crippen LogP contribution is -2.39. The first-order valence-corrected chi connectivity index (χ1v) is 9.50. The second kappa shape index (κ2) is 7.68. The van der Waals surface area contributed by atoms with Crippen LogP contribution in [-0.4, -0.2) is 33.2 Å². The molecule has 0 heterocycles. The van der Waals surface area contributed by atoms with Gasteiger partial charge in [-0.05, 0) is 25.0 Å². The van der Waals surface area contributed by atoms with E-state index in [2.05, 4.69) is 10.0 Å². The first-order valence-electron chi connectivity index (χ1n) is 7.84. The van der Waals surface area contributed by atoms with Gasteiger partial charge in [0.2, 0.25) is 15.9 Å². The minimum Gasteiger partial charge on any atom is -0.497 e. The Balaban J connectivity index is 1.92. The van der Waals surface area contributed by atoms with Crippen molar-refractivity contribution in [3.8, 4) is 5.75 Å². The Labute approximate surface area is 137 Å². The zero-order valence-electron chi connectivity index (χ0n) is 13.5. The van der Waals surface area contributed by atoms with Gasteiger partial charge in [0.05, 0.1) is 24.5 Å². The van der Waals surface area contributed by atoms with Crippen LogP contribution < -0.4 is 14.8 Å². The molecule has 0 radical (unpaired) electrons. The molecule has 128 valence electrons. The highest BCUT2D eigenvalue weighted by Crippen LogP contribution is 2.20. The van der Waals surface area contributed by atoms with Gasteiger partial charge in [0, 0.05) is 12.1 Å². The SMILES string of the molecule is COc1cccc(NS(=O)(=O)CC(C)C(=O)NC2CCCC2)c1. The van der Waals surface area contributed by atoms with Crippen molar-refractivity contribution in [1.29, 1.82) is 0 Å². The number of methoxy groups -OCH3 is 1. The summed E-state index contributed by atoms with van der Waals surface area (Å²) >= 11 is 0. The molecule has 1 saturated carbocycles. The standard InChI is InChI=1S/C16H24N2O4S/c1-12(16(19)17-13-6-3-4-7-13)11-23(20,21)18-14-8-5-9-15(10-14)22-2/h5,8-10,12-13,18H,3-4,6-7,11H2,1-2H3,(H,17,19). The van der Waals surface area contributed by atoms with Gasteiger partial charge in [0.25, 0.3) is 0 Å². The molecular weight excluding hydrogens is 316 g/mol. The maximum atomic E-state index is 12.2. The number of hydrogen-bond donors (Lipinski definition) is 2. The number of anilines is 1. The lowest BCUT2D eigenvalue weighted by Gasteiger charge is -2.17. The molecule has 1 aliphatic rings. The van der Waals surface area contributed by atoms with Gasteiger partial charge >= 0.3 is 0 Å². The number of nitrogens with one attached hydrogen (secondary N) is 2. The third kappa shape index (κ3) is 5.42. The van der Waals surface area contributed by atoms with Gasteiger partial charge in [-0.15, -0.1) is 0 Å². The molecule has 1 atom stereocenters. The summed E-state index contributed by atoms with van der Waals surface area (Å²) in [7, 11) is -2.09. The monoisotopic (exact) mass is 340 g/mol. The molecule has 0 saturated heterocycles. The van der Waals surface area contributed by atoms with E-state index < -0.39 is 15.9 Å². The van der Waals surface area contributed by atoms with Crippen molar-refractivity contribution in [2.45, 2.75) is 38.6 Å². The van der Waals surface area contributed by atoms with E-state index in [9.17, 15) is 13.2 Å². The van der Waals surface area contributed by atoms with Gasteiger partial charge in [-0.25, -0.2) is 8.42 Å². The van der Waals surface area contributed by atoms with Gasteiger partial charge in [0.15, 0.2) is 0 Å². The molecule has 0 spiro atoms. The van der Waals surface area contributed by atoms with Crippen LogP contribution in [0.5, 0.6) is 5.75 Å². The van der Waals surface area contributed by atoms with E-state index in [4.69, 9.17) is 4.74 Å². The second-order valence-corrected chi connectivity index (χ2v) is 7.77. The fourth-order valence-corrected chi connectivity index (χ4v) is 4.11. The molecule has 2 N–H and O–H groups in total. The average molecular weight is 340 g/mol. The van der Waals surface area contributed by atoms with E-state index >= 15 is 0 Å². The number of carbonyl (C=O) groups is 1. The van der Waals surface area contributed by atoms with Gasteiger partial charge in [0.1, 0.15) is 5.75 Å². The summed E-state index contributed by atoms with van der Waals surface area (Å²) in [6.07, 6.45) is 4.20. The molecule has 0 bridgehead atoms. The van der Waals surface area contributed by atoms with E-state index in [0.29, 0.717) is 11.4 Å². The Morgan fingerprint density at radius 2 is 2.04 bits per heavy atom. The summed E-state index contributed by atoms with van der Waals surface area (Å²) in [4.78, 5) is 12.1. The summed E-state index contributed by atoms with van der Waals surface area (Å²) < 4.78 is 32.0. The Hall–Kier alpha value is -1.76. The van der Waals surface area contributed by atoms with Crippen LogP contribution in [0.4, 0.5) is 5.69 Å². The first kappa shape index (κ1) is 17.6. The van der Waals surface area contributed by atoms with Crippen molar-refractivity contribution < 1.29 is 17.9 Å². The molecule has 0 aliphatic heterocycles. The molecule has 1 aliphatic carbocycles. The topological polar surface area (TPSA) is 84.5 Å². The summed E-state index contributed by atoms with van der Waals surface area (Å²) in [5.74, 6) is -0.480. The minimum absolute atomic E-state index is 0.194. The minimum atomic E-state index is -3.60. The van der Waals surface area contributed by atoms with Crippen LogP contribution in [0, 0.1) is 5.92 Å². The van der Waals surface area contributed by atoms with Crippen molar-refractivity contribution in [3.05, 3.63) is 24.3 Å². The smallest absolute Gasteiger partial charge is 0.233 e. The van der Waals surface area contributed by atoms with E-state index in [1.165, 1.54) is 7.11 Å². The molecule has 1 amide bonds. The zero-order valence-corrected chi connectivity index (χ0v) is 14.4.